The van der Waals surface area contributed by atoms with Gasteiger partial charge in [0, 0.05) is 5.56 Å². The molecule has 0 spiro atoms. The number of hydrogen-bond acceptors (Lipinski definition) is 6. The number of benzene rings is 2. The Morgan fingerprint density at radius 1 is 1.00 bits per heavy atom. The van der Waals surface area contributed by atoms with Crippen molar-refractivity contribution in [2.75, 3.05) is 21.3 Å². The maximum atomic E-state index is 13.4. The maximum absolute atomic E-state index is 13.4. The molecule has 1 aromatic heterocycles. The van der Waals surface area contributed by atoms with Crippen molar-refractivity contribution in [3.05, 3.63) is 63.5 Å². The van der Waals surface area contributed by atoms with Crippen molar-refractivity contribution in [3.8, 4) is 34.1 Å². The lowest BCUT2D eigenvalue weighted by molar-refractivity contribution is 0.157. The van der Waals surface area contributed by atoms with Crippen molar-refractivity contribution >= 4 is 17.0 Å². The third-order valence-corrected chi connectivity index (χ3v) is 5.86. The summed E-state index contributed by atoms with van der Waals surface area (Å²) in [6, 6.07) is 7.20. The van der Waals surface area contributed by atoms with Crippen LogP contribution in [0.15, 0.2) is 51.2 Å². The highest BCUT2D eigenvalue weighted by Crippen LogP contribution is 2.50. The van der Waals surface area contributed by atoms with Crippen molar-refractivity contribution in [3.63, 3.8) is 0 Å². The zero-order valence-electron chi connectivity index (χ0n) is 20.7. The highest BCUT2D eigenvalue weighted by Gasteiger charge is 2.32. The molecule has 0 amide bonds. The summed E-state index contributed by atoms with van der Waals surface area (Å²) in [5, 5.41) is 0.597. The van der Waals surface area contributed by atoms with Gasteiger partial charge in [-0.05, 0) is 64.0 Å². The van der Waals surface area contributed by atoms with Gasteiger partial charge in [-0.1, -0.05) is 23.8 Å². The summed E-state index contributed by atoms with van der Waals surface area (Å²) < 4.78 is 29.4. The monoisotopic (exact) mass is 462 g/mol. The minimum atomic E-state index is -0.515. The van der Waals surface area contributed by atoms with Crippen LogP contribution >= 0.6 is 0 Å². The van der Waals surface area contributed by atoms with Crippen LogP contribution in [0.4, 0.5) is 0 Å². The van der Waals surface area contributed by atoms with Gasteiger partial charge in [0.15, 0.2) is 5.58 Å². The molecule has 3 aromatic rings. The Kier molecular flexibility index (Phi) is 6.17. The van der Waals surface area contributed by atoms with Gasteiger partial charge in [0.1, 0.15) is 39.5 Å². The standard InChI is InChI=1S/C28H30O6/c1-16(2)8-13-19-23-20(14-15-28(3,4)34-23)24(31-6)22-25(19)33-27(29)21(26(22)32-7)17-9-11-18(30-5)12-10-17/h8-12,14-15H,13H2,1-7H3. The van der Waals surface area contributed by atoms with Crippen LogP contribution in [0.5, 0.6) is 23.0 Å². The van der Waals surface area contributed by atoms with Gasteiger partial charge in [0.2, 0.25) is 0 Å². The highest BCUT2D eigenvalue weighted by atomic mass is 16.5. The van der Waals surface area contributed by atoms with Gasteiger partial charge in [0.25, 0.3) is 0 Å². The predicted octanol–water partition coefficient (Wildman–Crippen LogP) is 6.18. The molecule has 4 rings (SSSR count). The van der Waals surface area contributed by atoms with Gasteiger partial charge in [-0.3, -0.25) is 0 Å². The first-order valence-electron chi connectivity index (χ1n) is 11.1. The number of allylic oxidation sites excluding steroid dienone is 2. The molecule has 6 heteroatoms. The lowest BCUT2D eigenvalue weighted by Crippen LogP contribution is -2.28. The van der Waals surface area contributed by atoms with E-state index in [2.05, 4.69) is 6.08 Å². The van der Waals surface area contributed by atoms with Gasteiger partial charge in [-0.25, -0.2) is 4.79 Å². The summed E-state index contributed by atoms with van der Waals surface area (Å²) in [7, 11) is 4.74. The lowest BCUT2D eigenvalue weighted by Gasteiger charge is -2.31. The summed E-state index contributed by atoms with van der Waals surface area (Å²) in [6.45, 7) is 8.03. The van der Waals surface area contributed by atoms with Crippen LogP contribution in [0.2, 0.25) is 0 Å². The topological polar surface area (TPSA) is 67.1 Å². The Morgan fingerprint density at radius 2 is 1.68 bits per heavy atom. The Bertz CT molecular complexity index is 1350. The Morgan fingerprint density at radius 3 is 2.26 bits per heavy atom. The summed E-state index contributed by atoms with van der Waals surface area (Å²) in [5.41, 5.74) is 3.09. The molecule has 0 unspecified atom stereocenters. The number of rotatable bonds is 6. The molecule has 0 N–H and O–H groups in total. The third-order valence-electron chi connectivity index (χ3n) is 5.86. The zero-order chi connectivity index (χ0) is 24.6. The fraction of sp³-hybridized carbons (Fsp3) is 0.321. The van der Waals surface area contributed by atoms with E-state index in [-0.39, 0.29) is 0 Å². The van der Waals surface area contributed by atoms with Gasteiger partial charge in [-0.2, -0.15) is 0 Å². The van der Waals surface area contributed by atoms with Crippen LogP contribution in [0.3, 0.4) is 0 Å². The van der Waals surface area contributed by atoms with Crippen LogP contribution in [0, 0.1) is 0 Å². The van der Waals surface area contributed by atoms with Crippen LogP contribution < -0.4 is 24.6 Å². The molecule has 0 radical (unpaired) electrons. The third kappa shape index (κ3) is 4.04. The summed E-state index contributed by atoms with van der Waals surface area (Å²) in [5.74, 6) is 2.27. The molecule has 0 saturated heterocycles. The van der Waals surface area contributed by atoms with Crippen LogP contribution in [-0.2, 0) is 6.42 Å². The quantitative estimate of drug-likeness (QED) is 0.322. The average Bonchev–Trinajstić information content (AvgIpc) is 2.80. The molecule has 0 atom stereocenters. The zero-order valence-corrected chi connectivity index (χ0v) is 20.7. The first-order valence-corrected chi connectivity index (χ1v) is 11.1. The van der Waals surface area contributed by atoms with E-state index < -0.39 is 11.2 Å². The van der Waals surface area contributed by atoms with Crippen LogP contribution in [0.25, 0.3) is 28.2 Å². The van der Waals surface area contributed by atoms with Crippen LogP contribution in [0.1, 0.15) is 38.8 Å². The molecule has 0 aliphatic carbocycles. The van der Waals surface area contributed by atoms with E-state index in [1.165, 1.54) is 0 Å². The van der Waals surface area contributed by atoms with Crippen molar-refractivity contribution in [1.82, 2.24) is 0 Å². The fourth-order valence-corrected chi connectivity index (χ4v) is 4.20. The second-order valence-electron chi connectivity index (χ2n) is 9.01. The van der Waals surface area contributed by atoms with E-state index in [0.717, 1.165) is 16.7 Å². The molecule has 0 fully saturated rings. The molecule has 178 valence electrons. The van der Waals surface area contributed by atoms with E-state index in [9.17, 15) is 4.79 Å². The number of methoxy groups -OCH3 is 3. The second-order valence-corrected chi connectivity index (χ2v) is 9.01. The lowest BCUT2D eigenvalue weighted by atomic mass is 9.93. The predicted molar refractivity (Wildman–Crippen MR) is 134 cm³/mol. The van der Waals surface area contributed by atoms with Crippen molar-refractivity contribution < 1.29 is 23.4 Å². The molecule has 1 aliphatic heterocycles. The van der Waals surface area contributed by atoms with Crippen molar-refractivity contribution in [1.29, 1.82) is 0 Å². The number of ether oxygens (including phenoxy) is 4. The minimum absolute atomic E-state index is 0.324. The summed E-state index contributed by atoms with van der Waals surface area (Å²) in [4.78, 5) is 13.4. The number of fused-ring (bicyclic) bond motifs is 2. The van der Waals surface area contributed by atoms with Gasteiger partial charge < -0.3 is 23.4 Å². The first-order chi connectivity index (χ1) is 16.2. The van der Waals surface area contributed by atoms with Crippen LogP contribution in [-0.4, -0.2) is 26.9 Å². The molecule has 2 aromatic carbocycles. The number of hydrogen-bond donors (Lipinski definition) is 0. The second kappa shape index (κ2) is 8.93. The van der Waals surface area contributed by atoms with E-state index in [1.54, 1.807) is 45.6 Å². The molecule has 34 heavy (non-hydrogen) atoms. The Hall–Kier alpha value is -3.67. The van der Waals surface area contributed by atoms with Gasteiger partial charge >= 0.3 is 5.63 Å². The van der Waals surface area contributed by atoms with E-state index >= 15 is 0 Å². The molecule has 0 saturated carbocycles. The van der Waals surface area contributed by atoms with Crippen molar-refractivity contribution in [2.45, 2.75) is 39.7 Å². The fourth-order valence-electron chi connectivity index (χ4n) is 4.20. The highest BCUT2D eigenvalue weighted by molar-refractivity contribution is 6.01. The molecule has 2 heterocycles. The molecule has 6 nitrogen and oxygen atoms in total. The van der Waals surface area contributed by atoms with E-state index in [0.29, 0.717) is 51.5 Å². The van der Waals surface area contributed by atoms with Crippen molar-refractivity contribution in [2.24, 2.45) is 0 Å². The summed E-state index contributed by atoms with van der Waals surface area (Å²) in [6.07, 6.45) is 6.61. The normalized spacial score (nSPS) is 13.7. The smallest absolute Gasteiger partial charge is 0.348 e. The largest absolute Gasteiger partial charge is 0.497 e. The summed E-state index contributed by atoms with van der Waals surface area (Å²) >= 11 is 0. The van der Waals surface area contributed by atoms with E-state index in [4.69, 9.17) is 23.4 Å². The average molecular weight is 463 g/mol. The van der Waals surface area contributed by atoms with Gasteiger partial charge in [-0.15, -0.1) is 0 Å². The SMILES string of the molecule is COc1ccc(-c2c(OC)c3c(OC)c4c(c(CC=C(C)C)c3oc2=O)OC(C)(C)C=C4)cc1. The first kappa shape index (κ1) is 23.5. The minimum Gasteiger partial charge on any atom is -0.497 e. The van der Waals surface area contributed by atoms with Gasteiger partial charge in [0.05, 0.1) is 26.9 Å². The molecular formula is C28H30O6. The Labute approximate surface area is 199 Å². The molecule has 0 bridgehead atoms. The maximum Gasteiger partial charge on any atom is 0.348 e. The van der Waals surface area contributed by atoms with E-state index in [1.807, 2.05) is 39.8 Å². The molecular weight excluding hydrogens is 432 g/mol. The Balaban J connectivity index is 2.14. The molecule has 1 aliphatic rings.